The average Bonchev–Trinajstić information content (AvgIpc) is 2.69. The standard InChI is InChI=1S/C11H17N3O2/c1-9(11(15)16-3)4-6-12-8-10-5-7-13-14(10)2/h4-5,7,12H,6,8H2,1-3H3. The molecule has 88 valence electrons. The van der Waals surface area contributed by atoms with Gasteiger partial charge in [-0.05, 0) is 13.0 Å². The molecule has 0 radical (unpaired) electrons. The van der Waals surface area contributed by atoms with Gasteiger partial charge in [0.05, 0.1) is 12.8 Å². The van der Waals surface area contributed by atoms with Crippen molar-refractivity contribution in [1.29, 1.82) is 0 Å². The van der Waals surface area contributed by atoms with Gasteiger partial charge in [-0.25, -0.2) is 4.79 Å². The second-order valence-electron chi connectivity index (χ2n) is 3.46. The second kappa shape index (κ2) is 6.07. The predicted octanol–water partition coefficient (Wildman–Crippen LogP) is 0.629. The van der Waals surface area contributed by atoms with Crippen molar-refractivity contribution in [2.75, 3.05) is 13.7 Å². The highest BCUT2D eigenvalue weighted by Gasteiger charge is 2.01. The molecule has 0 spiro atoms. The number of nitrogens with one attached hydrogen (secondary N) is 1. The van der Waals surface area contributed by atoms with Gasteiger partial charge in [-0.15, -0.1) is 0 Å². The number of ether oxygens (including phenoxy) is 1. The second-order valence-corrected chi connectivity index (χ2v) is 3.46. The molecule has 1 aromatic heterocycles. The number of nitrogens with zero attached hydrogens (tertiary/aromatic N) is 2. The van der Waals surface area contributed by atoms with E-state index in [1.54, 1.807) is 13.1 Å². The number of hydrogen-bond acceptors (Lipinski definition) is 4. The van der Waals surface area contributed by atoms with Crippen LogP contribution in [0.25, 0.3) is 0 Å². The van der Waals surface area contributed by atoms with E-state index in [4.69, 9.17) is 0 Å². The van der Waals surface area contributed by atoms with Crippen LogP contribution in [-0.4, -0.2) is 29.4 Å². The van der Waals surface area contributed by atoms with Gasteiger partial charge < -0.3 is 10.1 Å². The van der Waals surface area contributed by atoms with E-state index in [2.05, 4.69) is 15.2 Å². The fourth-order valence-electron chi connectivity index (χ4n) is 1.24. The van der Waals surface area contributed by atoms with Crippen molar-refractivity contribution >= 4 is 5.97 Å². The first-order valence-corrected chi connectivity index (χ1v) is 5.08. The topological polar surface area (TPSA) is 56.1 Å². The van der Waals surface area contributed by atoms with Crippen molar-refractivity contribution in [3.05, 3.63) is 29.6 Å². The summed E-state index contributed by atoms with van der Waals surface area (Å²) in [6.07, 6.45) is 3.56. The molecule has 0 bridgehead atoms. The van der Waals surface area contributed by atoms with Crippen LogP contribution >= 0.6 is 0 Å². The Hall–Kier alpha value is -1.62. The minimum Gasteiger partial charge on any atom is -0.466 e. The zero-order chi connectivity index (χ0) is 12.0. The van der Waals surface area contributed by atoms with Gasteiger partial charge in [-0.1, -0.05) is 6.08 Å². The van der Waals surface area contributed by atoms with Crippen LogP contribution in [0.15, 0.2) is 23.9 Å². The molecule has 0 fully saturated rings. The first-order chi connectivity index (χ1) is 7.65. The molecule has 5 nitrogen and oxygen atoms in total. The van der Waals surface area contributed by atoms with Crippen LogP contribution in [0.2, 0.25) is 0 Å². The van der Waals surface area contributed by atoms with Crippen molar-refractivity contribution < 1.29 is 9.53 Å². The summed E-state index contributed by atoms with van der Waals surface area (Å²) in [6, 6.07) is 1.95. The molecular formula is C11H17N3O2. The maximum Gasteiger partial charge on any atom is 0.333 e. The molecular weight excluding hydrogens is 206 g/mol. The Kier molecular flexibility index (Phi) is 4.72. The fourth-order valence-corrected chi connectivity index (χ4v) is 1.24. The zero-order valence-electron chi connectivity index (χ0n) is 9.86. The highest BCUT2D eigenvalue weighted by atomic mass is 16.5. The van der Waals surface area contributed by atoms with Crippen LogP contribution in [0.3, 0.4) is 0 Å². The zero-order valence-corrected chi connectivity index (χ0v) is 9.86. The average molecular weight is 223 g/mol. The molecule has 1 heterocycles. The van der Waals surface area contributed by atoms with E-state index in [0.717, 1.165) is 12.2 Å². The van der Waals surface area contributed by atoms with Crippen LogP contribution < -0.4 is 5.32 Å². The lowest BCUT2D eigenvalue weighted by Gasteiger charge is -2.03. The first kappa shape index (κ1) is 12.4. The van der Waals surface area contributed by atoms with E-state index in [-0.39, 0.29) is 5.97 Å². The Morgan fingerprint density at radius 2 is 2.44 bits per heavy atom. The highest BCUT2D eigenvalue weighted by Crippen LogP contribution is 1.96. The molecule has 1 aromatic rings. The third-order valence-electron chi connectivity index (χ3n) is 2.29. The van der Waals surface area contributed by atoms with E-state index >= 15 is 0 Å². The lowest BCUT2D eigenvalue weighted by atomic mass is 10.3. The number of rotatable bonds is 5. The minimum absolute atomic E-state index is 0.290. The van der Waals surface area contributed by atoms with Gasteiger partial charge in [-0.2, -0.15) is 5.10 Å². The minimum atomic E-state index is -0.290. The van der Waals surface area contributed by atoms with Crippen LogP contribution in [0.4, 0.5) is 0 Å². The Labute approximate surface area is 95.1 Å². The highest BCUT2D eigenvalue weighted by molar-refractivity contribution is 5.87. The molecule has 0 aromatic carbocycles. The summed E-state index contributed by atoms with van der Waals surface area (Å²) in [5.41, 5.74) is 1.71. The summed E-state index contributed by atoms with van der Waals surface area (Å²) in [6.45, 7) is 3.09. The largest absolute Gasteiger partial charge is 0.466 e. The van der Waals surface area contributed by atoms with Crippen LogP contribution in [0.5, 0.6) is 0 Å². The summed E-state index contributed by atoms with van der Waals surface area (Å²) in [5.74, 6) is -0.290. The molecule has 0 aliphatic rings. The van der Waals surface area contributed by atoms with Gasteiger partial charge in [0.2, 0.25) is 0 Å². The van der Waals surface area contributed by atoms with Crippen LogP contribution in [0.1, 0.15) is 12.6 Å². The van der Waals surface area contributed by atoms with Gasteiger partial charge in [0.15, 0.2) is 0 Å². The van der Waals surface area contributed by atoms with Crippen molar-refractivity contribution in [3.8, 4) is 0 Å². The summed E-state index contributed by atoms with van der Waals surface area (Å²) in [7, 11) is 3.27. The molecule has 1 rings (SSSR count). The summed E-state index contributed by atoms with van der Waals surface area (Å²) in [5, 5.41) is 7.25. The summed E-state index contributed by atoms with van der Waals surface area (Å²) >= 11 is 0. The number of carbonyl (C=O) groups excluding carboxylic acids is 1. The number of esters is 1. The third kappa shape index (κ3) is 3.51. The first-order valence-electron chi connectivity index (χ1n) is 5.08. The molecule has 0 amide bonds. The van der Waals surface area contributed by atoms with Gasteiger partial charge >= 0.3 is 5.97 Å². The summed E-state index contributed by atoms with van der Waals surface area (Å²) < 4.78 is 6.39. The molecule has 0 aliphatic heterocycles. The fraction of sp³-hybridized carbons (Fsp3) is 0.455. The number of carbonyl (C=O) groups is 1. The maximum atomic E-state index is 11.1. The number of aryl methyl sites for hydroxylation is 1. The lowest BCUT2D eigenvalue weighted by Crippen LogP contribution is -2.16. The van der Waals surface area contributed by atoms with E-state index in [1.807, 2.05) is 23.9 Å². The molecule has 5 heteroatoms. The Balaban J connectivity index is 2.32. The van der Waals surface area contributed by atoms with Crippen molar-refractivity contribution in [1.82, 2.24) is 15.1 Å². The van der Waals surface area contributed by atoms with Crippen LogP contribution in [0, 0.1) is 0 Å². The Bertz CT molecular complexity index is 382. The van der Waals surface area contributed by atoms with E-state index < -0.39 is 0 Å². The van der Waals surface area contributed by atoms with Crippen molar-refractivity contribution in [3.63, 3.8) is 0 Å². The molecule has 1 N–H and O–H groups in total. The maximum absolute atomic E-state index is 11.1. The molecule has 0 saturated heterocycles. The number of hydrogen-bond donors (Lipinski definition) is 1. The molecule has 0 saturated carbocycles. The normalized spacial score (nSPS) is 11.6. The van der Waals surface area contributed by atoms with E-state index in [0.29, 0.717) is 12.1 Å². The predicted molar refractivity (Wildman–Crippen MR) is 60.7 cm³/mol. The van der Waals surface area contributed by atoms with Gasteiger partial charge in [0.25, 0.3) is 0 Å². The lowest BCUT2D eigenvalue weighted by molar-refractivity contribution is -0.136. The van der Waals surface area contributed by atoms with E-state index in [9.17, 15) is 4.79 Å². The van der Waals surface area contributed by atoms with Gasteiger partial charge in [0, 0.05) is 31.9 Å². The van der Waals surface area contributed by atoms with Crippen molar-refractivity contribution in [2.24, 2.45) is 7.05 Å². The number of aromatic nitrogens is 2. The smallest absolute Gasteiger partial charge is 0.333 e. The molecule has 0 atom stereocenters. The monoisotopic (exact) mass is 223 g/mol. The van der Waals surface area contributed by atoms with Gasteiger partial charge in [-0.3, -0.25) is 4.68 Å². The Morgan fingerprint density at radius 3 is 3.00 bits per heavy atom. The molecule has 0 aliphatic carbocycles. The molecule has 16 heavy (non-hydrogen) atoms. The SMILES string of the molecule is COC(=O)C(C)=CCNCc1ccnn1C. The Morgan fingerprint density at radius 1 is 1.69 bits per heavy atom. The van der Waals surface area contributed by atoms with Gasteiger partial charge in [0.1, 0.15) is 0 Å². The summed E-state index contributed by atoms with van der Waals surface area (Å²) in [4.78, 5) is 11.1. The third-order valence-corrected chi connectivity index (χ3v) is 2.29. The quantitative estimate of drug-likeness (QED) is 0.452. The van der Waals surface area contributed by atoms with E-state index in [1.165, 1.54) is 7.11 Å². The van der Waals surface area contributed by atoms with Crippen molar-refractivity contribution in [2.45, 2.75) is 13.5 Å². The molecule has 0 unspecified atom stereocenters. The van der Waals surface area contributed by atoms with Crippen LogP contribution in [-0.2, 0) is 23.1 Å². The number of methoxy groups -OCH3 is 1.